The van der Waals surface area contributed by atoms with Gasteiger partial charge in [0.1, 0.15) is 29.1 Å². The predicted octanol–water partition coefficient (Wildman–Crippen LogP) is 2.41. The summed E-state index contributed by atoms with van der Waals surface area (Å²) in [6.07, 6.45) is -3.70. The molecule has 1 heterocycles. The van der Waals surface area contributed by atoms with Crippen LogP contribution in [0.1, 0.15) is 36.5 Å². The average Bonchev–Trinajstić information content (AvgIpc) is 3.11. The fourth-order valence-electron chi connectivity index (χ4n) is 3.08. The first-order valence-electron chi connectivity index (χ1n) is 9.59. The first-order chi connectivity index (χ1) is 14.8. The second kappa shape index (κ2) is 9.63. The van der Waals surface area contributed by atoms with Gasteiger partial charge in [-0.1, -0.05) is 19.9 Å². The third-order valence-electron chi connectivity index (χ3n) is 4.87. The molecular formula is C20H23F5N4O3. The maximum absolute atomic E-state index is 13.8. The van der Waals surface area contributed by atoms with Crippen LogP contribution in [0.15, 0.2) is 30.6 Å². The summed E-state index contributed by atoms with van der Waals surface area (Å²) in [7, 11) is 1.28. The maximum Gasteiger partial charge on any atom is 0.424 e. The van der Waals surface area contributed by atoms with Crippen LogP contribution in [-0.4, -0.2) is 45.2 Å². The van der Waals surface area contributed by atoms with Crippen LogP contribution in [0.4, 0.5) is 22.0 Å². The predicted molar refractivity (Wildman–Crippen MR) is 103 cm³/mol. The van der Waals surface area contributed by atoms with Gasteiger partial charge in [0.2, 0.25) is 11.5 Å². The van der Waals surface area contributed by atoms with Crippen molar-refractivity contribution >= 4 is 11.8 Å². The van der Waals surface area contributed by atoms with E-state index in [0.29, 0.717) is 0 Å². The third-order valence-corrected chi connectivity index (χ3v) is 4.87. The van der Waals surface area contributed by atoms with Crippen LogP contribution in [-0.2, 0) is 17.4 Å². The first kappa shape index (κ1) is 25.2. The van der Waals surface area contributed by atoms with Crippen molar-refractivity contribution in [2.75, 3.05) is 6.54 Å². The topological polar surface area (TPSA) is 96.2 Å². The molecule has 2 aromatic rings. The van der Waals surface area contributed by atoms with Gasteiger partial charge in [-0.2, -0.15) is 13.2 Å². The number of aryl methyl sites for hydroxylation is 1. The fraction of sp³-hybridized carbons (Fsp3) is 0.450. The number of amides is 2. The number of nitrogens with zero attached hydrogens (tertiary/aromatic N) is 2. The van der Waals surface area contributed by atoms with Gasteiger partial charge >= 0.3 is 6.18 Å². The SMILES string of the molecule is CC(C)[C@H](NC(=O)c1c(F)cccc1F)C(=O)NCCC(O)(c1nccn1C)C(F)(F)F. The number of halogens is 5. The summed E-state index contributed by atoms with van der Waals surface area (Å²) in [4.78, 5) is 28.4. The summed E-state index contributed by atoms with van der Waals surface area (Å²) >= 11 is 0. The molecule has 1 unspecified atom stereocenters. The Morgan fingerprint density at radius 1 is 1.19 bits per heavy atom. The molecule has 0 aliphatic heterocycles. The van der Waals surface area contributed by atoms with Crippen molar-refractivity contribution in [1.29, 1.82) is 0 Å². The minimum absolute atomic E-state index is 0.565. The second-order valence-corrected chi connectivity index (χ2v) is 7.55. The molecule has 0 aliphatic carbocycles. The molecule has 1 aromatic heterocycles. The van der Waals surface area contributed by atoms with E-state index in [1.807, 2.05) is 0 Å². The van der Waals surface area contributed by atoms with Crippen LogP contribution < -0.4 is 10.6 Å². The van der Waals surface area contributed by atoms with E-state index in [1.165, 1.54) is 27.1 Å². The van der Waals surface area contributed by atoms with E-state index >= 15 is 0 Å². The molecule has 176 valence electrons. The highest BCUT2D eigenvalue weighted by atomic mass is 19.4. The zero-order chi connectivity index (χ0) is 24.3. The molecule has 0 bridgehead atoms. The summed E-state index contributed by atoms with van der Waals surface area (Å²) in [5.74, 6) is -5.54. The van der Waals surface area contributed by atoms with E-state index < -0.39 is 71.5 Å². The second-order valence-electron chi connectivity index (χ2n) is 7.55. The molecule has 2 atom stereocenters. The van der Waals surface area contributed by atoms with Crippen LogP contribution in [0.5, 0.6) is 0 Å². The van der Waals surface area contributed by atoms with E-state index in [4.69, 9.17) is 0 Å². The molecule has 7 nitrogen and oxygen atoms in total. The Labute approximate surface area is 180 Å². The highest BCUT2D eigenvalue weighted by Gasteiger charge is 2.57. The maximum atomic E-state index is 13.8. The Bertz CT molecular complexity index is 956. The van der Waals surface area contributed by atoms with E-state index in [2.05, 4.69) is 15.6 Å². The summed E-state index contributed by atoms with van der Waals surface area (Å²) in [5, 5.41) is 14.7. The van der Waals surface area contributed by atoms with Gasteiger partial charge in [-0.25, -0.2) is 13.8 Å². The van der Waals surface area contributed by atoms with Gasteiger partial charge in [0, 0.05) is 32.4 Å². The van der Waals surface area contributed by atoms with Crippen molar-refractivity contribution in [2.24, 2.45) is 13.0 Å². The van der Waals surface area contributed by atoms with Crippen molar-refractivity contribution in [2.45, 2.75) is 38.1 Å². The highest BCUT2D eigenvalue weighted by molar-refractivity contribution is 5.98. The van der Waals surface area contributed by atoms with Gasteiger partial charge in [-0.15, -0.1) is 0 Å². The quantitative estimate of drug-likeness (QED) is 0.525. The fourth-order valence-corrected chi connectivity index (χ4v) is 3.08. The first-order valence-corrected chi connectivity index (χ1v) is 9.59. The van der Waals surface area contributed by atoms with E-state index in [9.17, 15) is 36.6 Å². The Balaban J connectivity index is 2.11. The van der Waals surface area contributed by atoms with Crippen LogP contribution in [0, 0.1) is 17.6 Å². The van der Waals surface area contributed by atoms with Crippen LogP contribution in [0.3, 0.4) is 0 Å². The molecule has 0 fully saturated rings. The number of imidazole rings is 1. The number of benzene rings is 1. The number of nitrogens with one attached hydrogen (secondary N) is 2. The lowest BCUT2D eigenvalue weighted by Crippen LogP contribution is -2.52. The monoisotopic (exact) mass is 462 g/mol. The van der Waals surface area contributed by atoms with Crippen molar-refractivity contribution in [3.05, 3.63) is 53.6 Å². The largest absolute Gasteiger partial charge is 0.424 e. The number of carbonyl (C=O) groups is 2. The molecule has 1 aromatic carbocycles. The summed E-state index contributed by atoms with van der Waals surface area (Å²) in [5.41, 5.74) is -4.21. The normalized spacial score (nSPS) is 14.7. The molecule has 32 heavy (non-hydrogen) atoms. The molecule has 3 N–H and O–H groups in total. The smallest absolute Gasteiger partial charge is 0.374 e. The van der Waals surface area contributed by atoms with Crippen molar-refractivity contribution in [3.63, 3.8) is 0 Å². The average molecular weight is 462 g/mol. The van der Waals surface area contributed by atoms with Crippen molar-refractivity contribution in [1.82, 2.24) is 20.2 Å². The van der Waals surface area contributed by atoms with Crippen molar-refractivity contribution < 1.29 is 36.6 Å². The molecule has 2 amide bonds. The number of hydrogen-bond acceptors (Lipinski definition) is 4. The molecular weight excluding hydrogens is 439 g/mol. The lowest BCUT2D eigenvalue weighted by Gasteiger charge is -2.30. The molecule has 0 spiro atoms. The standard InChI is InChI=1S/C20H23F5N4O3/c1-11(2)15(28-16(30)14-12(21)5-4-6-13(14)22)17(31)26-8-7-19(32,20(23,24)25)18-27-9-10-29(18)3/h4-6,9-11,15,32H,7-8H2,1-3H3,(H,26,31)(H,28,30)/t15-,19?/m0/s1. The lowest BCUT2D eigenvalue weighted by molar-refractivity contribution is -0.272. The number of hydrogen-bond donors (Lipinski definition) is 3. The zero-order valence-corrected chi connectivity index (χ0v) is 17.5. The minimum atomic E-state index is -5.08. The molecule has 12 heteroatoms. The van der Waals surface area contributed by atoms with Gasteiger partial charge in [0.05, 0.1) is 0 Å². The molecule has 2 rings (SSSR count). The van der Waals surface area contributed by atoms with Gasteiger partial charge in [-0.3, -0.25) is 9.59 Å². The number of rotatable bonds is 8. The van der Waals surface area contributed by atoms with E-state index in [0.717, 1.165) is 29.0 Å². The number of alkyl halides is 3. The van der Waals surface area contributed by atoms with Crippen LogP contribution >= 0.6 is 0 Å². The summed E-state index contributed by atoms with van der Waals surface area (Å²) in [6, 6.07) is 1.52. The molecule has 0 radical (unpaired) electrons. The number of aromatic nitrogens is 2. The van der Waals surface area contributed by atoms with Crippen molar-refractivity contribution in [3.8, 4) is 0 Å². The third kappa shape index (κ3) is 5.23. The van der Waals surface area contributed by atoms with Crippen LogP contribution in [0.2, 0.25) is 0 Å². The Morgan fingerprint density at radius 3 is 2.25 bits per heavy atom. The van der Waals surface area contributed by atoms with E-state index in [1.54, 1.807) is 0 Å². The Kier molecular flexibility index (Phi) is 7.60. The van der Waals surface area contributed by atoms with E-state index in [-0.39, 0.29) is 0 Å². The Morgan fingerprint density at radius 2 is 1.78 bits per heavy atom. The van der Waals surface area contributed by atoms with Gasteiger partial charge < -0.3 is 20.3 Å². The molecule has 0 saturated heterocycles. The summed E-state index contributed by atoms with van der Waals surface area (Å²) in [6.45, 7) is 2.44. The lowest BCUT2D eigenvalue weighted by atomic mass is 9.97. The number of aliphatic hydroxyl groups is 1. The van der Waals surface area contributed by atoms with Gasteiger partial charge in [0.15, 0.2) is 0 Å². The minimum Gasteiger partial charge on any atom is -0.374 e. The molecule has 0 saturated carbocycles. The summed E-state index contributed by atoms with van der Waals surface area (Å²) < 4.78 is 69.3. The van der Waals surface area contributed by atoms with Crippen LogP contribution in [0.25, 0.3) is 0 Å². The zero-order valence-electron chi connectivity index (χ0n) is 17.5. The Hall–Kier alpha value is -3.02. The van der Waals surface area contributed by atoms with Gasteiger partial charge in [0.25, 0.3) is 5.91 Å². The van der Waals surface area contributed by atoms with Gasteiger partial charge in [-0.05, 0) is 18.1 Å². The molecule has 0 aliphatic rings. The number of carbonyl (C=O) groups excluding carboxylic acids is 2. The highest BCUT2D eigenvalue weighted by Crippen LogP contribution is 2.40.